The lowest BCUT2D eigenvalue weighted by atomic mass is 9.89. The minimum Gasteiger partial charge on any atom is -0.493 e. The first-order chi connectivity index (χ1) is 27.9. The number of hydrogen-bond donors (Lipinski definition) is 1. The zero-order valence-corrected chi connectivity index (χ0v) is 33.3. The standard InChI is InChI=1S/C23H28N2O4.C22H26N2O4/c1-3-29-22-17(5-4-6-18(22)15-9-11-28-12-10-15)13-19-21(23(26)27-2)25-20(14-24-19)16-7-8-16;1-2-28-21-16(4-3-5-17(21)14-8-10-27-11-9-14)12-18-20(22(25)26)24-19(13-23-18)15-6-7-15/h4-6,14-16H,3,7-13H2,1-2H3;3-5,13-15H,2,6-12H2,1H3,(H,25,26). The van der Waals surface area contributed by atoms with Crippen LogP contribution >= 0.6 is 0 Å². The maximum Gasteiger partial charge on any atom is 0.358 e. The predicted molar refractivity (Wildman–Crippen MR) is 213 cm³/mol. The average molecular weight is 779 g/mol. The number of para-hydroxylation sites is 2. The Balaban J connectivity index is 0.000000174. The number of benzene rings is 2. The number of nitrogens with zero attached hydrogens (tertiary/aromatic N) is 4. The van der Waals surface area contributed by atoms with E-state index in [0.717, 1.165) is 112 Å². The first-order valence-electron chi connectivity index (χ1n) is 20.6. The molecule has 4 heterocycles. The molecule has 12 nitrogen and oxygen atoms in total. The summed E-state index contributed by atoms with van der Waals surface area (Å²) in [6.45, 7) is 8.19. The van der Waals surface area contributed by atoms with Gasteiger partial charge in [0, 0.05) is 74.6 Å². The minimum atomic E-state index is -1.02. The van der Waals surface area contributed by atoms with Gasteiger partial charge in [-0.25, -0.2) is 19.6 Å². The molecule has 2 aliphatic carbocycles. The Bertz CT molecular complexity index is 2020. The lowest BCUT2D eigenvalue weighted by Crippen LogP contribution is -2.16. The third-order valence-electron chi connectivity index (χ3n) is 11.2. The summed E-state index contributed by atoms with van der Waals surface area (Å²) in [5, 5.41) is 9.65. The van der Waals surface area contributed by atoms with Crippen molar-refractivity contribution in [2.24, 2.45) is 0 Å². The van der Waals surface area contributed by atoms with Crippen LogP contribution in [0, 0.1) is 0 Å². The van der Waals surface area contributed by atoms with Crippen LogP contribution < -0.4 is 9.47 Å². The molecule has 2 aromatic heterocycles. The van der Waals surface area contributed by atoms with Crippen LogP contribution in [0.4, 0.5) is 0 Å². The summed E-state index contributed by atoms with van der Waals surface area (Å²) in [7, 11) is 1.38. The molecular formula is C45H54N4O8. The quantitative estimate of drug-likeness (QED) is 0.124. The second-order valence-electron chi connectivity index (χ2n) is 15.2. The molecule has 57 heavy (non-hydrogen) atoms. The first-order valence-corrected chi connectivity index (χ1v) is 20.6. The highest BCUT2D eigenvalue weighted by molar-refractivity contribution is 5.88. The van der Waals surface area contributed by atoms with Crippen LogP contribution in [0.3, 0.4) is 0 Å². The van der Waals surface area contributed by atoms with Crippen LogP contribution in [-0.4, -0.2) is 83.7 Å². The molecule has 2 aliphatic heterocycles. The third kappa shape index (κ3) is 9.96. The number of carboxylic acids is 1. The Labute approximate surface area is 334 Å². The lowest BCUT2D eigenvalue weighted by Gasteiger charge is -2.25. The number of carbonyl (C=O) groups excluding carboxylic acids is 1. The molecule has 12 heteroatoms. The van der Waals surface area contributed by atoms with Crippen molar-refractivity contribution >= 4 is 11.9 Å². The van der Waals surface area contributed by atoms with E-state index in [1.165, 1.54) is 18.2 Å². The van der Waals surface area contributed by atoms with Crippen molar-refractivity contribution in [1.82, 2.24) is 19.9 Å². The number of hydrogen-bond acceptors (Lipinski definition) is 11. The molecule has 0 atom stereocenters. The molecule has 0 bridgehead atoms. The third-order valence-corrected chi connectivity index (χ3v) is 11.2. The number of aromatic carboxylic acids is 1. The Hall–Kier alpha value is -4.94. The summed E-state index contributed by atoms with van der Waals surface area (Å²) in [6, 6.07) is 12.4. The van der Waals surface area contributed by atoms with Gasteiger partial charge in [-0.1, -0.05) is 36.4 Å². The molecule has 8 rings (SSSR count). The highest BCUT2D eigenvalue weighted by Gasteiger charge is 2.30. The van der Waals surface area contributed by atoms with E-state index >= 15 is 0 Å². The summed E-state index contributed by atoms with van der Waals surface area (Å²) in [5.74, 6) is 1.93. The van der Waals surface area contributed by atoms with Gasteiger partial charge < -0.3 is 28.8 Å². The van der Waals surface area contributed by atoms with E-state index in [0.29, 0.717) is 66.8 Å². The fraction of sp³-hybridized carbons (Fsp3) is 0.511. The molecule has 4 aromatic rings. The minimum absolute atomic E-state index is 0.0586. The molecule has 2 saturated heterocycles. The Kier molecular flexibility index (Phi) is 13.4. The van der Waals surface area contributed by atoms with E-state index in [1.807, 2.05) is 38.2 Å². The molecule has 0 spiro atoms. The lowest BCUT2D eigenvalue weighted by molar-refractivity contribution is 0.0590. The zero-order chi connectivity index (χ0) is 39.7. The molecule has 4 aliphatic rings. The van der Waals surface area contributed by atoms with Gasteiger partial charge in [-0.2, -0.15) is 0 Å². The maximum absolute atomic E-state index is 12.4. The first kappa shape index (κ1) is 40.3. The van der Waals surface area contributed by atoms with E-state index in [9.17, 15) is 14.7 Å². The van der Waals surface area contributed by atoms with Crippen molar-refractivity contribution in [3.05, 3.63) is 105 Å². The molecule has 1 N–H and O–H groups in total. The van der Waals surface area contributed by atoms with Gasteiger partial charge in [0.25, 0.3) is 0 Å². The number of ether oxygens (including phenoxy) is 5. The normalized spacial score (nSPS) is 17.3. The Morgan fingerprint density at radius 2 is 1.09 bits per heavy atom. The molecule has 2 aromatic carbocycles. The Morgan fingerprint density at radius 3 is 1.49 bits per heavy atom. The zero-order valence-electron chi connectivity index (χ0n) is 33.3. The summed E-state index contributed by atoms with van der Waals surface area (Å²) in [5.41, 5.74) is 7.55. The van der Waals surface area contributed by atoms with Crippen molar-refractivity contribution < 1.29 is 38.4 Å². The number of rotatable bonds is 14. The van der Waals surface area contributed by atoms with Gasteiger partial charge in [0.1, 0.15) is 11.5 Å². The van der Waals surface area contributed by atoms with Gasteiger partial charge in [-0.05, 0) is 88.2 Å². The highest BCUT2D eigenvalue weighted by Crippen LogP contribution is 2.41. The average Bonchev–Trinajstić information content (AvgIpc) is 4.18. The molecule has 4 fully saturated rings. The Morgan fingerprint density at radius 1 is 0.649 bits per heavy atom. The smallest absolute Gasteiger partial charge is 0.358 e. The number of methoxy groups -OCH3 is 1. The summed E-state index contributed by atoms with van der Waals surface area (Å²) < 4.78 is 28.1. The molecule has 302 valence electrons. The van der Waals surface area contributed by atoms with Crippen molar-refractivity contribution in [1.29, 1.82) is 0 Å². The fourth-order valence-corrected chi connectivity index (χ4v) is 7.85. The molecule has 2 saturated carbocycles. The van der Waals surface area contributed by atoms with Gasteiger partial charge in [-0.15, -0.1) is 0 Å². The van der Waals surface area contributed by atoms with Gasteiger partial charge in [0.15, 0.2) is 11.4 Å². The van der Waals surface area contributed by atoms with Crippen LogP contribution in [0.2, 0.25) is 0 Å². The number of aromatic nitrogens is 4. The van der Waals surface area contributed by atoms with Crippen LogP contribution in [0.25, 0.3) is 0 Å². The SMILES string of the molecule is CCOc1c(Cc2ncc(C3CC3)nc2C(=O)O)cccc1C1CCOCC1.CCOc1c(Cc2ncc(C3CC3)nc2C(=O)OC)cccc1C1CCOCC1. The molecular weight excluding hydrogens is 725 g/mol. The van der Waals surface area contributed by atoms with Crippen LogP contribution in [-0.2, 0) is 27.1 Å². The monoisotopic (exact) mass is 778 g/mol. The van der Waals surface area contributed by atoms with Gasteiger partial charge in [0.2, 0.25) is 0 Å². The van der Waals surface area contributed by atoms with Crippen molar-refractivity contribution in [2.75, 3.05) is 46.8 Å². The number of carbonyl (C=O) groups is 2. The van der Waals surface area contributed by atoms with Crippen molar-refractivity contribution in [3.8, 4) is 11.5 Å². The molecule has 0 unspecified atom stereocenters. The second-order valence-corrected chi connectivity index (χ2v) is 15.2. The van der Waals surface area contributed by atoms with Crippen LogP contribution in [0.5, 0.6) is 11.5 Å². The van der Waals surface area contributed by atoms with E-state index < -0.39 is 11.9 Å². The molecule has 0 amide bonds. The van der Waals surface area contributed by atoms with E-state index in [4.69, 9.17) is 23.7 Å². The van der Waals surface area contributed by atoms with Crippen LogP contribution in [0.15, 0.2) is 48.8 Å². The van der Waals surface area contributed by atoms with E-state index in [1.54, 1.807) is 6.20 Å². The summed E-state index contributed by atoms with van der Waals surface area (Å²) >= 11 is 0. The van der Waals surface area contributed by atoms with Gasteiger partial charge in [-0.3, -0.25) is 9.97 Å². The summed E-state index contributed by atoms with van der Waals surface area (Å²) in [4.78, 5) is 42.2. The van der Waals surface area contributed by atoms with E-state index in [-0.39, 0.29) is 5.69 Å². The topological polar surface area (TPSA) is 152 Å². The number of esters is 1. The molecule has 0 radical (unpaired) electrons. The van der Waals surface area contributed by atoms with Crippen molar-refractivity contribution in [3.63, 3.8) is 0 Å². The van der Waals surface area contributed by atoms with Crippen LogP contribution in [0.1, 0.15) is 155 Å². The second kappa shape index (κ2) is 19.0. The van der Waals surface area contributed by atoms with Gasteiger partial charge >= 0.3 is 11.9 Å². The fourth-order valence-electron chi connectivity index (χ4n) is 7.85. The maximum atomic E-state index is 12.4. The van der Waals surface area contributed by atoms with E-state index in [2.05, 4.69) is 38.1 Å². The van der Waals surface area contributed by atoms with Crippen molar-refractivity contribution in [2.45, 2.75) is 102 Å². The van der Waals surface area contributed by atoms with Gasteiger partial charge in [0.05, 0.1) is 43.1 Å². The highest BCUT2D eigenvalue weighted by atomic mass is 16.5. The predicted octanol–water partition coefficient (Wildman–Crippen LogP) is 7.96. The number of carboxylic acid groups (broad SMARTS) is 1. The largest absolute Gasteiger partial charge is 0.493 e. The summed E-state index contributed by atoms with van der Waals surface area (Å²) in [6.07, 6.45) is 12.7.